The third-order valence-corrected chi connectivity index (χ3v) is 6.94. The first-order chi connectivity index (χ1) is 15.7. The van der Waals surface area contributed by atoms with Crippen molar-refractivity contribution in [3.8, 4) is 0 Å². The Labute approximate surface area is 192 Å². The zero-order chi connectivity index (χ0) is 21.8. The number of urea groups is 1. The molecular weight excluding hydrogens is 448 g/mol. The molecule has 10 nitrogen and oxygen atoms in total. The Morgan fingerprint density at radius 2 is 2.09 bits per heavy atom. The SMILES string of the molecule is O=C(Nc1cc(CN2CCCC2)on1)Nc1ncc(CCNc2ncnc3ccsc23)s1. The first kappa shape index (κ1) is 20.8. The summed E-state index contributed by atoms with van der Waals surface area (Å²) in [5.41, 5.74) is 0.943. The van der Waals surface area contributed by atoms with Crippen molar-refractivity contribution in [2.45, 2.75) is 25.8 Å². The highest BCUT2D eigenvalue weighted by molar-refractivity contribution is 7.17. The number of nitrogens with one attached hydrogen (secondary N) is 3. The van der Waals surface area contributed by atoms with Crippen LogP contribution in [0.3, 0.4) is 0 Å². The van der Waals surface area contributed by atoms with Crippen molar-refractivity contribution < 1.29 is 9.32 Å². The first-order valence-electron chi connectivity index (χ1n) is 10.4. The summed E-state index contributed by atoms with van der Waals surface area (Å²) < 4.78 is 6.37. The number of amides is 2. The van der Waals surface area contributed by atoms with Crippen LogP contribution < -0.4 is 16.0 Å². The van der Waals surface area contributed by atoms with Crippen molar-refractivity contribution in [2.75, 3.05) is 35.6 Å². The van der Waals surface area contributed by atoms with Crippen LogP contribution in [0.5, 0.6) is 0 Å². The summed E-state index contributed by atoms with van der Waals surface area (Å²) >= 11 is 3.05. The summed E-state index contributed by atoms with van der Waals surface area (Å²) in [6.45, 7) is 3.57. The van der Waals surface area contributed by atoms with Crippen molar-refractivity contribution in [2.24, 2.45) is 0 Å². The molecule has 1 saturated heterocycles. The number of hydrogen-bond acceptors (Lipinski definition) is 10. The standard InChI is InChI=1S/C20H22N8O2S2/c29-19(25-16-9-13(30-27-16)11-28-6-1-2-7-28)26-20-22-10-14(32-20)3-5-21-18-17-15(4-8-31-17)23-12-24-18/h4,8-10,12H,1-3,5-7,11H2,(H,21,23,24)(H2,22,25,26,27,29). The molecule has 4 aromatic rings. The van der Waals surface area contributed by atoms with Gasteiger partial charge in [0.2, 0.25) is 0 Å². The Morgan fingerprint density at radius 3 is 3.00 bits per heavy atom. The molecule has 1 fully saturated rings. The van der Waals surface area contributed by atoms with E-state index in [9.17, 15) is 4.79 Å². The van der Waals surface area contributed by atoms with Crippen molar-refractivity contribution in [1.82, 2.24) is 25.0 Å². The number of likely N-dealkylation sites (tertiary alicyclic amines) is 1. The summed E-state index contributed by atoms with van der Waals surface area (Å²) in [5, 5.41) is 15.2. The average Bonchev–Trinajstić information content (AvgIpc) is 3.57. The lowest BCUT2D eigenvalue weighted by Crippen LogP contribution is -2.19. The number of aromatic nitrogens is 4. The van der Waals surface area contributed by atoms with Crippen molar-refractivity contribution in [1.29, 1.82) is 0 Å². The van der Waals surface area contributed by atoms with Gasteiger partial charge in [-0.25, -0.2) is 19.7 Å². The molecule has 12 heteroatoms. The summed E-state index contributed by atoms with van der Waals surface area (Å²) in [6, 6.07) is 3.34. The maximum Gasteiger partial charge on any atom is 0.326 e. The molecule has 5 rings (SSSR count). The molecule has 0 unspecified atom stereocenters. The smallest absolute Gasteiger partial charge is 0.326 e. The Morgan fingerprint density at radius 1 is 1.19 bits per heavy atom. The molecule has 0 aliphatic carbocycles. The van der Waals surface area contributed by atoms with Crippen LogP contribution >= 0.6 is 22.7 Å². The number of thiazole rings is 1. The molecule has 2 amide bonds. The topological polar surface area (TPSA) is 121 Å². The number of hydrogen-bond donors (Lipinski definition) is 3. The third-order valence-electron chi connectivity index (χ3n) is 5.06. The van der Waals surface area contributed by atoms with Crippen LogP contribution in [-0.2, 0) is 13.0 Å². The predicted molar refractivity (Wildman–Crippen MR) is 125 cm³/mol. The van der Waals surface area contributed by atoms with E-state index in [-0.39, 0.29) is 0 Å². The van der Waals surface area contributed by atoms with Gasteiger partial charge in [0.05, 0.1) is 16.8 Å². The molecular formula is C20H22N8O2S2. The highest BCUT2D eigenvalue weighted by atomic mass is 32.1. The van der Waals surface area contributed by atoms with E-state index in [4.69, 9.17) is 4.52 Å². The fourth-order valence-electron chi connectivity index (χ4n) is 3.55. The molecule has 1 aliphatic heterocycles. The molecule has 0 radical (unpaired) electrons. The molecule has 3 N–H and O–H groups in total. The van der Waals surface area contributed by atoms with Gasteiger partial charge in [0.25, 0.3) is 0 Å². The molecule has 0 atom stereocenters. The Balaban J connectivity index is 1.09. The minimum atomic E-state index is -0.397. The zero-order valence-corrected chi connectivity index (χ0v) is 18.8. The van der Waals surface area contributed by atoms with Crippen molar-refractivity contribution >= 4 is 55.7 Å². The highest BCUT2D eigenvalue weighted by Crippen LogP contribution is 2.25. The molecule has 0 aromatic carbocycles. The lowest BCUT2D eigenvalue weighted by atomic mass is 10.3. The number of rotatable bonds is 8. The molecule has 0 saturated carbocycles. The maximum atomic E-state index is 12.3. The van der Waals surface area contributed by atoms with Crippen LogP contribution in [0.2, 0.25) is 0 Å². The second kappa shape index (κ2) is 9.59. The summed E-state index contributed by atoms with van der Waals surface area (Å²) in [7, 11) is 0. The van der Waals surface area contributed by atoms with E-state index in [1.807, 2.05) is 11.4 Å². The van der Waals surface area contributed by atoms with Gasteiger partial charge in [-0.05, 0) is 37.4 Å². The monoisotopic (exact) mass is 470 g/mol. The van der Waals surface area contributed by atoms with Crippen molar-refractivity contribution in [3.05, 3.63) is 40.7 Å². The van der Waals surface area contributed by atoms with E-state index < -0.39 is 6.03 Å². The van der Waals surface area contributed by atoms with E-state index in [0.717, 1.165) is 46.2 Å². The normalized spacial score (nSPS) is 14.1. The summed E-state index contributed by atoms with van der Waals surface area (Å²) in [5.74, 6) is 1.97. The van der Waals surface area contributed by atoms with Crippen LogP contribution in [0.15, 0.2) is 34.6 Å². The number of anilines is 3. The van der Waals surface area contributed by atoms with E-state index >= 15 is 0 Å². The van der Waals surface area contributed by atoms with E-state index in [2.05, 4.69) is 41.0 Å². The molecule has 4 aromatic heterocycles. The van der Waals surface area contributed by atoms with Gasteiger partial charge in [0, 0.05) is 30.1 Å². The van der Waals surface area contributed by atoms with Gasteiger partial charge < -0.3 is 9.84 Å². The molecule has 0 spiro atoms. The van der Waals surface area contributed by atoms with Gasteiger partial charge in [0.15, 0.2) is 16.7 Å². The number of carbonyl (C=O) groups is 1. The Bertz CT molecular complexity index is 1200. The van der Waals surface area contributed by atoms with Gasteiger partial charge in [0.1, 0.15) is 12.1 Å². The number of fused-ring (bicyclic) bond motifs is 1. The van der Waals surface area contributed by atoms with E-state index in [1.165, 1.54) is 24.2 Å². The van der Waals surface area contributed by atoms with Crippen LogP contribution in [-0.4, -0.2) is 50.7 Å². The molecule has 166 valence electrons. The molecule has 0 bridgehead atoms. The maximum absolute atomic E-state index is 12.3. The minimum Gasteiger partial charge on any atom is -0.368 e. The second-order valence-corrected chi connectivity index (χ2v) is 9.44. The molecule has 32 heavy (non-hydrogen) atoms. The van der Waals surface area contributed by atoms with Crippen LogP contribution in [0.1, 0.15) is 23.5 Å². The van der Waals surface area contributed by atoms with Gasteiger partial charge in [-0.15, -0.1) is 22.7 Å². The quantitative estimate of drug-likeness (QED) is 0.353. The first-order valence-corrected chi connectivity index (χ1v) is 12.1. The van der Waals surface area contributed by atoms with E-state index in [0.29, 0.717) is 24.0 Å². The molecule has 5 heterocycles. The summed E-state index contributed by atoms with van der Waals surface area (Å²) in [6.07, 6.45) is 6.53. The second-order valence-electron chi connectivity index (χ2n) is 7.41. The van der Waals surface area contributed by atoms with E-state index in [1.54, 1.807) is 29.9 Å². The Kier molecular flexibility index (Phi) is 6.23. The molecule has 1 aliphatic rings. The van der Waals surface area contributed by atoms with Gasteiger partial charge in [-0.1, -0.05) is 5.16 Å². The predicted octanol–water partition coefficient (Wildman–Crippen LogP) is 4.03. The van der Waals surface area contributed by atoms with Gasteiger partial charge >= 0.3 is 6.03 Å². The highest BCUT2D eigenvalue weighted by Gasteiger charge is 2.16. The largest absolute Gasteiger partial charge is 0.368 e. The number of nitrogens with zero attached hydrogens (tertiary/aromatic N) is 5. The van der Waals surface area contributed by atoms with Crippen LogP contribution in [0.25, 0.3) is 10.2 Å². The zero-order valence-electron chi connectivity index (χ0n) is 17.2. The fraction of sp³-hybridized carbons (Fsp3) is 0.350. The van der Waals surface area contributed by atoms with Crippen LogP contribution in [0, 0.1) is 0 Å². The Hall–Kier alpha value is -3.09. The van der Waals surface area contributed by atoms with Gasteiger partial charge in [-0.2, -0.15) is 0 Å². The van der Waals surface area contributed by atoms with Crippen molar-refractivity contribution in [3.63, 3.8) is 0 Å². The summed E-state index contributed by atoms with van der Waals surface area (Å²) in [4.78, 5) is 28.5. The fourth-order valence-corrected chi connectivity index (χ4v) is 5.17. The third kappa shape index (κ3) is 5.03. The average molecular weight is 471 g/mol. The lowest BCUT2D eigenvalue weighted by Gasteiger charge is -2.10. The minimum absolute atomic E-state index is 0.391. The van der Waals surface area contributed by atoms with Crippen LogP contribution in [0.4, 0.5) is 21.6 Å². The number of thiophene rings is 1. The number of carbonyl (C=O) groups excluding carboxylic acids is 1. The van der Waals surface area contributed by atoms with Gasteiger partial charge in [-0.3, -0.25) is 15.5 Å². The lowest BCUT2D eigenvalue weighted by molar-refractivity contribution is 0.261.